The summed E-state index contributed by atoms with van der Waals surface area (Å²) in [5, 5.41) is 5.21. The smallest absolute Gasteiger partial charge is 0.222 e. The molecule has 4 nitrogen and oxygen atoms in total. The van der Waals surface area contributed by atoms with Gasteiger partial charge in [-0.1, -0.05) is 0 Å². The van der Waals surface area contributed by atoms with Crippen LogP contribution in [0.4, 0.5) is 5.95 Å². The second-order valence-corrected chi connectivity index (χ2v) is 4.93. The summed E-state index contributed by atoms with van der Waals surface area (Å²) in [7, 11) is 0. The Bertz CT molecular complexity index is 478. The minimum Gasteiger partial charge on any atom is -0.351 e. The highest BCUT2D eigenvalue weighted by Gasteiger charge is 2.06. The third-order valence-electron chi connectivity index (χ3n) is 2.51. The lowest BCUT2D eigenvalue weighted by atomic mass is 10.2. The number of hydrogen-bond acceptors (Lipinski definition) is 5. The van der Waals surface area contributed by atoms with Crippen LogP contribution in [0.5, 0.6) is 0 Å². The summed E-state index contributed by atoms with van der Waals surface area (Å²) in [4.78, 5) is 9.81. The largest absolute Gasteiger partial charge is 0.351 e. The van der Waals surface area contributed by atoms with E-state index in [0.29, 0.717) is 12.5 Å². The second kappa shape index (κ2) is 5.25. The molecule has 0 fully saturated rings. The molecule has 17 heavy (non-hydrogen) atoms. The van der Waals surface area contributed by atoms with Crippen LogP contribution in [0.15, 0.2) is 23.8 Å². The molecule has 0 saturated heterocycles. The quantitative estimate of drug-likeness (QED) is 0.871. The predicted octanol–water partition coefficient (Wildman–Crippen LogP) is 2.27. The average molecular weight is 248 g/mol. The number of nitrogens with one attached hydrogen (secondary N) is 1. The zero-order chi connectivity index (χ0) is 12.3. The van der Waals surface area contributed by atoms with Crippen molar-refractivity contribution in [1.82, 2.24) is 9.97 Å². The van der Waals surface area contributed by atoms with Crippen molar-refractivity contribution in [2.45, 2.75) is 19.9 Å². The molecule has 2 heterocycles. The van der Waals surface area contributed by atoms with Gasteiger partial charge in [0.05, 0.1) is 0 Å². The molecule has 0 aromatic carbocycles. The number of anilines is 1. The van der Waals surface area contributed by atoms with Gasteiger partial charge in [0.2, 0.25) is 5.95 Å². The first kappa shape index (κ1) is 12.0. The standard InChI is InChI=1S/C12H16N4S/c1-8-3-4-17-11(8)10-6-14-12(15-7-10)16-9(2)5-13/h3-4,6-7,9H,5,13H2,1-2H3,(H,14,15,16). The van der Waals surface area contributed by atoms with Gasteiger partial charge in [0.25, 0.3) is 0 Å². The first-order chi connectivity index (χ1) is 8.20. The zero-order valence-corrected chi connectivity index (χ0v) is 10.8. The Balaban J connectivity index is 2.16. The number of thiophene rings is 1. The van der Waals surface area contributed by atoms with Gasteiger partial charge in [0.15, 0.2) is 0 Å². The van der Waals surface area contributed by atoms with E-state index in [-0.39, 0.29) is 6.04 Å². The van der Waals surface area contributed by atoms with Gasteiger partial charge in [-0.25, -0.2) is 9.97 Å². The molecule has 0 radical (unpaired) electrons. The fourth-order valence-electron chi connectivity index (χ4n) is 1.47. The SMILES string of the molecule is Cc1ccsc1-c1cnc(NC(C)CN)nc1. The number of rotatable bonds is 4. The Morgan fingerprint density at radius 2 is 2.12 bits per heavy atom. The van der Waals surface area contributed by atoms with Crippen LogP contribution in [0, 0.1) is 6.92 Å². The van der Waals surface area contributed by atoms with Crippen molar-refractivity contribution in [3.05, 3.63) is 29.4 Å². The molecule has 0 spiro atoms. The minimum atomic E-state index is 0.185. The third kappa shape index (κ3) is 2.81. The Labute approximate surface area is 105 Å². The molecule has 0 aliphatic carbocycles. The molecule has 0 saturated carbocycles. The van der Waals surface area contributed by atoms with E-state index in [1.165, 1.54) is 10.4 Å². The summed E-state index contributed by atoms with van der Waals surface area (Å²) in [5.41, 5.74) is 7.85. The molecule has 2 aromatic heterocycles. The van der Waals surface area contributed by atoms with E-state index in [1.54, 1.807) is 11.3 Å². The summed E-state index contributed by atoms with van der Waals surface area (Å²) >= 11 is 1.71. The van der Waals surface area contributed by atoms with Crippen LogP contribution in [0.3, 0.4) is 0 Å². The van der Waals surface area contributed by atoms with Gasteiger partial charge in [-0.05, 0) is 30.9 Å². The van der Waals surface area contributed by atoms with Gasteiger partial charge in [0, 0.05) is 35.4 Å². The molecule has 2 rings (SSSR count). The van der Waals surface area contributed by atoms with Gasteiger partial charge < -0.3 is 11.1 Å². The van der Waals surface area contributed by atoms with Gasteiger partial charge in [-0.2, -0.15) is 0 Å². The van der Waals surface area contributed by atoms with Crippen LogP contribution >= 0.6 is 11.3 Å². The number of hydrogen-bond donors (Lipinski definition) is 2. The van der Waals surface area contributed by atoms with Gasteiger partial charge in [-0.15, -0.1) is 11.3 Å². The van der Waals surface area contributed by atoms with Crippen molar-refractivity contribution in [2.75, 3.05) is 11.9 Å². The van der Waals surface area contributed by atoms with E-state index < -0.39 is 0 Å². The summed E-state index contributed by atoms with van der Waals surface area (Å²) in [6.07, 6.45) is 3.69. The maximum absolute atomic E-state index is 5.53. The van der Waals surface area contributed by atoms with E-state index in [4.69, 9.17) is 5.73 Å². The van der Waals surface area contributed by atoms with Crippen molar-refractivity contribution < 1.29 is 0 Å². The van der Waals surface area contributed by atoms with Crippen LogP contribution in [-0.2, 0) is 0 Å². The molecule has 5 heteroatoms. The van der Waals surface area contributed by atoms with Crippen molar-refractivity contribution in [1.29, 1.82) is 0 Å². The Kier molecular flexibility index (Phi) is 3.71. The summed E-state index contributed by atoms with van der Waals surface area (Å²) in [6, 6.07) is 2.28. The first-order valence-electron chi connectivity index (χ1n) is 5.54. The predicted molar refractivity (Wildman–Crippen MR) is 72.2 cm³/mol. The highest BCUT2D eigenvalue weighted by Crippen LogP contribution is 2.27. The maximum Gasteiger partial charge on any atom is 0.222 e. The fraction of sp³-hybridized carbons (Fsp3) is 0.333. The van der Waals surface area contributed by atoms with Crippen molar-refractivity contribution in [3.8, 4) is 10.4 Å². The van der Waals surface area contributed by atoms with E-state index in [9.17, 15) is 0 Å². The van der Waals surface area contributed by atoms with Crippen LogP contribution < -0.4 is 11.1 Å². The number of aromatic nitrogens is 2. The lowest BCUT2D eigenvalue weighted by Gasteiger charge is -2.10. The Morgan fingerprint density at radius 3 is 2.65 bits per heavy atom. The van der Waals surface area contributed by atoms with Gasteiger partial charge in [-0.3, -0.25) is 0 Å². The number of aryl methyl sites for hydroxylation is 1. The molecule has 0 aliphatic rings. The minimum absolute atomic E-state index is 0.185. The Morgan fingerprint density at radius 1 is 1.41 bits per heavy atom. The Hall–Kier alpha value is -1.46. The molecule has 1 unspecified atom stereocenters. The van der Waals surface area contributed by atoms with E-state index >= 15 is 0 Å². The normalized spacial score (nSPS) is 12.4. The monoisotopic (exact) mass is 248 g/mol. The second-order valence-electron chi connectivity index (χ2n) is 4.01. The molecular formula is C12H16N4S. The van der Waals surface area contributed by atoms with Gasteiger partial charge in [0.1, 0.15) is 0 Å². The van der Waals surface area contributed by atoms with Crippen LogP contribution in [-0.4, -0.2) is 22.6 Å². The van der Waals surface area contributed by atoms with Crippen molar-refractivity contribution in [2.24, 2.45) is 5.73 Å². The molecule has 3 N–H and O–H groups in total. The van der Waals surface area contributed by atoms with E-state index in [2.05, 4.69) is 33.7 Å². The average Bonchev–Trinajstić information content (AvgIpc) is 2.76. The first-order valence-corrected chi connectivity index (χ1v) is 6.41. The summed E-state index contributed by atoms with van der Waals surface area (Å²) in [5.74, 6) is 0.626. The maximum atomic E-state index is 5.53. The molecular weight excluding hydrogens is 232 g/mol. The topological polar surface area (TPSA) is 63.8 Å². The van der Waals surface area contributed by atoms with Crippen LogP contribution in [0.1, 0.15) is 12.5 Å². The van der Waals surface area contributed by atoms with Crippen LogP contribution in [0.25, 0.3) is 10.4 Å². The number of nitrogens with two attached hydrogens (primary N) is 1. The fourth-order valence-corrected chi connectivity index (χ4v) is 2.37. The molecule has 0 aliphatic heterocycles. The summed E-state index contributed by atoms with van der Waals surface area (Å²) < 4.78 is 0. The third-order valence-corrected chi connectivity index (χ3v) is 3.57. The molecule has 2 aromatic rings. The zero-order valence-electron chi connectivity index (χ0n) is 9.97. The van der Waals surface area contributed by atoms with E-state index in [1.807, 2.05) is 19.3 Å². The molecule has 0 amide bonds. The molecule has 0 bridgehead atoms. The highest BCUT2D eigenvalue weighted by molar-refractivity contribution is 7.13. The molecule has 1 atom stereocenters. The van der Waals surface area contributed by atoms with Crippen molar-refractivity contribution >= 4 is 17.3 Å². The highest BCUT2D eigenvalue weighted by atomic mass is 32.1. The lowest BCUT2D eigenvalue weighted by molar-refractivity contribution is 0.790. The summed E-state index contributed by atoms with van der Waals surface area (Å²) in [6.45, 7) is 4.66. The van der Waals surface area contributed by atoms with Crippen molar-refractivity contribution in [3.63, 3.8) is 0 Å². The molecule has 90 valence electrons. The van der Waals surface area contributed by atoms with Gasteiger partial charge >= 0.3 is 0 Å². The van der Waals surface area contributed by atoms with Crippen LogP contribution in [0.2, 0.25) is 0 Å². The lowest BCUT2D eigenvalue weighted by Crippen LogP contribution is -2.26. The number of nitrogens with zero attached hydrogens (tertiary/aromatic N) is 2. The van der Waals surface area contributed by atoms with E-state index in [0.717, 1.165) is 5.56 Å².